The monoisotopic (exact) mass is 297 g/mol. The molecule has 0 amide bonds. The maximum absolute atomic E-state index is 6.13. The van der Waals surface area contributed by atoms with Crippen LogP contribution in [-0.4, -0.2) is 21.0 Å². The second kappa shape index (κ2) is 4.28. The molecule has 0 unspecified atom stereocenters. The Morgan fingerprint density at radius 1 is 1.33 bits per heavy atom. The van der Waals surface area contributed by atoms with Crippen molar-refractivity contribution in [2.75, 3.05) is 12.0 Å². The van der Waals surface area contributed by atoms with E-state index in [9.17, 15) is 0 Å². The molecule has 18 heavy (non-hydrogen) atoms. The molecule has 2 N–H and O–H groups in total. The van der Waals surface area contributed by atoms with Gasteiger partial charge in [-0.25, -0.2) is 9.97 Å². The zero-order valence-corrected chi connectivity index (χ0v) is 13.1. The Bertz CT molecular complexity index is 619. The van der Waals surface area contributed by atoms with Crippen molar-refractivity contribution < 1.29 is 0 Å². The van der Waals surface area contributed by atoms with Crippen LogP contribution >= 0.6 is 34.9 Å². The normalized spacial score (nSPS) is 17.9. The highest BCUT2D eigenvalue weighted by molar-refractivity contribution is 8.00. The molecule has 0 saturated heterocycles. The van der Waals surface area contributed by atoms with Crippen molar-refractivity contribution >= 4 is 50.9 Å². The number of hydrogen-bond acceptors (Lipinski definition) is 6. The van der Waals surface area contributed by atoms with Gasteiger partial charge in [0.05, 0.1) is 5.39 Å². The predicted octanol–water partition coefficient (Wildman–Crippen LogP) is 3.56. The van der Waals surface area contributed by atoms with Crippen LogP contribution in [0.25, 0.3) is 10.2 Å². The minimum Gasteiger partial charge on any atom is -0.383 e. The summed E-state index contributed by atoms with van der Waals surface area (Å²) in [7, 11) is 0. The summed E-state index contributed by atoms with van der Waals surface area (Å²) in [6.45, 7) is 4.58. The summed E-state index contributed by atoms with van der Waals surface area (Å²) >= 11 is 5.33. The highest BCUT2D eigenvalue weighted by Crippen LogP contribution is 2.45. The smallest absolute Gasteiger partial charge is 0.190 e. The summed E-state index contributed by atoms with van der Waals surface area (Å²) in [5.41, 5.74) is 7.50. The van der Waals surface area contributed by atoms with Gasteiger partial charge in [-0.3, -0.25) is 0 Å². The molecule has 2 aromatic heterocycles. The van der Waals surface area contributed by atoms with Gasteiger partial charge in [0.15, 0.2) is 5.16 Å². The first-order valence-electron chi connectivity index (χ1n) is 5.76. The molecule has 0 bridgehead atoms. The van der Waals surface area contributed by atoms with Crippen LogP contribution in [0.5, 0.6) is 0 Å². The number of thioether (sulfide) groups is 2. The molecule has 3 nitrogen and oxygen atoms in total. The van der Waals surface area contributed by atoms with Crippen LogP contribution in [0.4, 0.5) is 5.82 Å². The van der Waals surface area contributed by atoms with Gasteiger partial charge in [0.25, 0.3) is 0 Å². The van der Waals surface area contributed by atoms with E-state index in [0.717, 1.165) is 27.5 Å². The second-order valence-electron chi connectivity index (χ2n) is 5.00. The molecular weight excluding hydrogens is 282 g/mol. The highest BCUT2D eigenvalue weighted by Gasteiger charge is 2.30. The van der Waals surface area contributed by atoms with Gasteiger partial charge in [-0.15, -0.1) is 23.1 Å². The number of hydrogen-bond donors (Lipinski definition) is 1. The molecule has 2 aromatic rings. The molecule has 0 atom stereocenters. The van der Waals surface area contributed by atoms with Gasteiger partial charge in [-0.1, -0.05) is 25.6 Å². The van der Waals surface area contributed by atoms with Gasteiger partial charge in [0.1, 0.15) is 10.6 Å². The van der Waals surface area contributed by atoms with Gasteiger partial charge in [0, 0.05) is 15.4 Å². The summed E-state index contributed by atoms with van der Waals surface area (Å²) in [6.07, 6.45) is 3.03. The van der Waals surface area contributed by atoms with Gasteiger partial charge in [-0.2, -0.15) is 0 Å². The van der Waals surface area contributed by atoms with E-state index in [1.807, 2.05) is 18.0 Å². The highest BCUT2D eigenvalue weighted by atomic mass is 32.2. The average molecular weight is 297 g/mol. The van der Waals surface area contributed by atoms with Crippen LogP contribution < -0.4 is 5.73 Å². The third-order valence-corrected chi connectivity index (χ3v) is 6.34. The fourth-order valence-corrected chi connectivity index (χ4v) is 5.02. The van der Waals surface area contributed by atoms with Crippen LogP contribution in [0.2, 0.25) is 0 Å². The number of aromatic nitrogens is 2. The SMILES string of the molecule is CSc1nc(N)c2c3c(sc2n1)CSC(C)(C)C3. The molecule has 6 heteroatoms. The van der Waals surface area contributed by atoms with E-state index in [2.05, 4.69) is 23.8 Å². The Morgan fingerprint density at radius 3 is 2.83 bits per heavy atom. The average Bonchev–Trinajstić information content (AvgIpc) is 2.65. The zero-order valence-electron chi connectivity index (χ0n) is 10.6. The number of nitrogen functional groups attached to an aromatic ring is 1. The minimum absolute atomic E-state index is 0.283. The van der Waals surface area contributed by atoms with E-state index in [4.69, 9.17) is 5.73 Å². The van der Waals surface area contributed by atoms with Crippen LogP contribution in [0, 0.1) is 0 Å². The fraction of sp³-hybridized carbons (Fsp3) is 0.500. The lowest BCUT2D eigenvalue weighted by Crippen LogP contribution is -2.22. The van der Waals surface area contributed by atoms with Gasteiger partial charge < -0.3 is 5.73 Å². The number of rotatable bonds is 1. The number of nitrogens with zero attached hydrogens (tertiary/aromatic N) is 2. The summed E-state index contributed by atoms with van der Waals surface area (Å²) in [5.74, 6) is 1.71. The molecule has 1 aliphatic heterocycles. The quantitative estimate of drug-likeness (QED) is 0.644. The third-order valence-electron chi connectivity index (χ3n) is 3.12. The first kappa shape index (κ1) is 12.6. The molecule has 0 saturated carbocycles. The molecule has 0 spiro atoms. The van der Waals surface area contributed by atoms with Gasteiger partial charge in [-0.05, 0) is 18.2 Å². The van der Waals surface area contributed by atoms with E-state index in [1.165, 1.54) is 10.4 Å². The molecule has 96 valence electrons. The largest absolute Gasteiger partial charge is 0.383 e. The van der Waals surface area contributed by atoms with E-state index in [1.54, 1.807) is 23.1 Å². The van der Waals surface area contributed by atoms with Crippen molar-refractivity contribution in [1.29, 1.82) is 0 Å². The Balaban J connectivity index is 2.24. The first-order valence-corrected chi connectivity index (χ1v) is 8.78. The topological polar surface area (TPSA) is 51.8 Å². The Morgan fingerprint density at radius 2 is 2.11 bits per heavy atom. The lowest BCUT2D eigenvalue weighted by Gasteiger charge is -2.28. The standard InChI is InChI=1S/C12H15N3S3/c1-12(2)4-6-7(5-17-12)18-10-8(6)9(13)14-11(15-10)16-3/h4-5H2,1-3H3,(H2,13,14,15). The summed E-state index contributed by atoms with van der Waals surface area (Å²) < 4.78 is 0.283. The Kier molecular flexibility index (Phi) is 2.99. The first-order chi connectivity index (χ1) is 8.50. The third kappa shape index (κ3) is 2.00. The Hall–Kier alpha value is -0.460. The van der Waals surface area contributed by atoms with E-state index >= 15 is 0 Å². The van der Waals surface area contributed by atoms with E-state index < -0.39 is 0 Å². The molecule has 0 aliphatic carbocycles. The summed E-state index contributed by atoms with van der Waals surface area (Å²) in [4.78, 5) is 11.4. The molecule has 1 aliphatic rings. The van der Waals surface area contributed by atoms with Crippen LogP contribution in [0.3, 0.4) is 0 Å². The van der Waals surface area contributed by atoms with Gasteiger partial charge >= 0.3 is 0 Å². The maximum atomic E-state index is 6.13. The molecule has 3 heterocycles. The lowest BCUT2D eigenvalue weighted by molar-refractivity contribution is 0.700. The number of nitrogens with two attached hydrogens (primary N) is 1. The van der Waals surface area contributed by atoms with E-state index in [0.29, 0.717) is 5.82 Å². The molecule has 0 radical (unpaired) electrons. The molecular formula is C12H15N3S3. The van der Waals surface area contributed by atoms with Crippen molar-refractivity contribution in [2.24, 2.45) is 0 Å². The second-order valence-corrected chi connectivity index (χ2v) is 8.54. The van der Waals surface area contributed by atoms with Crippen LogP contribution in [-0.2, 0) is 12.2 Å². The zero-order chi connectivity index (χ0) is 12.9. The molecule has 0 aromatic carbocycles. The van der Waals surface area contributed by atoms with Crippen molar-refractivity contribution in [3.8, 4) is 0 Å². The van der Waals surface area contributed by atoms with Crippen molar-refractivity contribution in [2.45, 2.75) is 35.9 Å². The van der Waals surface area contributed by atoms with Gasteiger partial charge in [0.2, 0.25) is 0 Å². The Labute approximate surface area is 119 Å². The maximum Gasteiger partial charge on any atom is 0.190 e. The predicted molar refractivity (Wildman–Crippen MR) is 82.7 cm³/mol. The molecule has 3 rings (SSSR count). The summed E-state index contributed by atoms with van der Waals surface area (Å²) in [6, 6.07) is 0. The summed E-state index contributed by atoms with van der Waals surface area (Å²) in [5, 5.41) is 1.87. The minimum atomic E-state index is 0.283. The number of fused-ring (bicyclic) bond motifs is 3. The van der Waals surface area contributed by atoms with Crippen LogP contribution in [0.1, 0.15) is 24.3 Å². The van der Waals surface area contributed by atoms with Crippen molar-refractivity contribution in [3.63, 3.8) is 0 Å². The van der Waals surface area contributed by atoms with E-state index in [-0.39, 0.29) is 4.75 Å². The van der Waals surface area contributed by atoms with Crippen molar-refractivity contribution in [1.82, 2.24) is 9.97 Å². The lowest BCUT2D eigenvalue weighted by atomic mass is 9.99. The number of anilines is 1. The van der Waals surface area contributed by atoms with Crippen molar-refractivity contribution in [3.05, 3.63) is 10.4 Å². The van der Waals surface area contributed by atoms with Crippen LogP contribution in [0.15, 0.2) is 5.16 Å². The fourth-order valence-electron chi connectivity index (χ4n) is 2.24. The molecule has 0 fully saturated rings. The number of thiophene rings is 1.